The Morgan fingerprint density at radius 1 is 1.00 bits per heavy atom. The standard InChI is InChI=1S/C23H24F2N2O2/c24-19-8-4-7-17(20(19)25)13-18-21(26-23(29)27-22(18)28)16-11-9-15(10-12-16)14-5-2-1-3-6-14/h1-5,7-8,14-16H,6,9-13H2,(H2,26,27,28,29)/t14?,15-,16-. The summed E-state index contributed by atoms with van der Waals surface area (Å²) in [5.41, 5.74) is -0.0968. The molecule has 152 valence electrons. The van der Waals surface area contributed by atoms with Crippen LogP contribution >= 0.6 is 0 Å². The van der Waals surface area contributed by atoms with Crippen LogP contribution in [0, 0.1) is 23.5 Å². The molecule has 1 aromatic carbocycles. The van der Waals surface area contributed by atoms with E-state index in [1.807, 2.05) is 0 Å². The molecule has 0 radical (unpaired) electrons. The molecule has 2 aliphatic carbocycles. The first-order valence-corrected chi connectivity index (χ1v) is 10.1. The van der Waals surface area contributed by atoms with Gasteiger partial charge in [-0.25, -0.2) is 13.6 Å². The topological polar surface area (TPSA) is 65.7 Å². The van der Waals surface area contributed by atoms with Crippen molar-refractivity contribution >= 4 is 0 Å². The zero-order valence-corrected chi connectivity index (χ0v) is 16.1. The van der Waals surface area contributed by atoms with Crippen molar-refractivity contribution in [1.82, 2.24) is 9.97 Å². The summed E-state index contributed by atoms with van der Waals surface area (Å²) in [6, 6.07) is 3.93. The summed E-state index contributed by atoms with van der Waals surface area (Å²) < 4.78 is 27.8. The van der Waals surface area contributed by atoms with E-state index in [0.29, 0.717) is 23.1 Å². The summed E-state index contributed by atoms with van der Waals surface area (Å²) in [7, 11) is 0. The van der Waals surface area contributed by atoms with Gasteiger partial charge in [-0.15, -0.1) is 0 Å². The third-order valence-corrected chi connectivity index (χ3v) is 6.27. The van der Waals surface area contributed by atoms with Gasteiger partial charge in [0, 0.05) is 17.7 Å². The van der Waals surface area contributed by atoms with E-state index in [0.717, 1.165) is 38.2 Å². The van der Waals surface area contributed by atoms with E-state index in [1.54, 1.807) is 0 Å². The molecule has 1 atom stereocenters. The summed E-state index contributed by atoms with van der Waals surface area (Å²) in [5.74, 6) is -0.730. The normalized spacial score (nSPS) is 24.0. The van der Waals surface area contributed by atoms with Gasteiger partial charge in [-0.3, -0.25) is 9.78 Å². The number of halogens is 2. The van der Waals surface area contributed by atoms with Crippen LogP contribution in [-0.2, 0) is 6.42 Å². The molecular weight excluding hydrogens is 374 g/mol. The Balaban J connectivity index is 1.58. The highest BCUT2D eigenvalue weighted by Gasteiger charge is 2.29. The molecule has 4 nitrogen and oxygen atoms in total. The highest BCUT2D eigenvalue weighted by Crippen LogP contribution is 2.40. The van der Waals surface area contributed by atoms with Crippen LogP contribution in [0.4, 0.5) is 8.78 Å². The Morgan fingerprint density at radius 3 is 2.52 bits per heavy atom. The van der Waals surface area contributed by atoms with Crippen LogP contribution in [-0.4, -0.2) is 9.97 Å². The number of allylic oxidation sites excluding steroid dienone is 4. The SMILES string of the molecule is O=c1[nH]c(=O)c(Cc2cccc(F)c2F)c([C@H]2CC[C@H](C3C=CC=CC3)CC2)[nH]1. The van der Waals surface area contributed by atoms with Crippen molar-refractivity contribution in [1.29, 1.82) is 0 Å². The van der Waals surface area contributed by atoms with Crippen LogP contribution in [0.5, 0.6) is 0 Å². The lowest BCUT2D eigenvalue weighted by Gasteiger charge is -2.33. The summed E-state index contributed by atoms with van der Waals surface area (Å²) in [4.78, 5) is 29.5. The molecule has 0 saturated heterocycles. The number of nitrogens with one attached hydrogen (secondary N) is 2. The molecule has 1 fully saturated rings. The summed E-state index contributed by atoms with van der Waals surface area (Å²) in [6.07, 6.45) is 13.4. The molecule has 29 heavy (non-hydrogen) atoms. The number of benzene rings is 1. The van der Waals surface area contributed by atoms with Crippen molar-refractivity contribution in [3.05, 3.63) is 91.8 Å². The van der Waals surface area contributed by atoms with E-state index in [1.165, 1.54) is 12.1 Å². The summed E-state index contributed by atoms with van der Waals surface area (Å²) >= 11 is 0. The maximum absolute atomic E-state index is 14.2. The van der Waals surface area contributed by atoms with E-state index in [2.05, 4.69) is 34.3 Å². The summed E-state index contributed by atoms with van der Waals surface area (Å²) in [5, 5.41) is 0. The van der Waals surface area contributed by atoms with E-state index in [4.69, 9.17) is 0 Å². The number of hydrogen-bond acceptors (Lipinski definition) is 2. The van der Waals surface area contributed by atoms with Crippen LogP contribution in [0.2, 0.25) is 0 Å². The van der Waals surface area contributed by atoms with Crippen LogP contribution in [0.15, 0.2) is 52.1 Å². The minimum atomic E-state index is -0.954. The number of aromatic nitrogens is 2. The van der Waals surface area contributed by atoms with Crippen molar-refractivity contribution in [3.8, 4) is 0 Å². The molecule has 0 aliphatic heterocycles. The second kappa shape index (κ2) is 8.31. The Labute approximate surface area is 167 Å². The Hall–Kier alpha value is -2.76. The van der Waals surface area contributed by atoms with Gasteiger partial charge in [0.2, 0.25) is 0 Å². The lowest BCUT2D eigenvalue weighted by molar-refractivity contribution is 0.262. The predicted molar refractivity (Wildman–Crippen MR) is 108 cm³/mol. The molecule has 0 bridgehead atoms. The zero-order valence-electron chi connectivity index (χ0n) is 16.1. The second-order valence-electron chi connectivity index (χ2n) is 8.01. The monoisotopic (exact) mass is 398 g/mol. The largest absolute Gasteiger partial charge is 0.325 e. The highest BCUT2D eigenvalue weighted by molar-refractivity contribution is 5.30. The lowest BCUT2D eigenvalue weighted by atomic mass is 9.72. The van der Waals surface area contributed by atoms with Gasteiger partial charge in [-0.05, 0) is 61.5 Å². The van der Waals surface area contributed by atoms with E-state index in [-0.39, 0.29) is 17.9 Å². The molecule has 1 unspecified atom stereocenters. The van der Waals surface area contributed by atoms with Crippen molar-refractivity contribution in [3.63, 3.8) is 0 Å². The number of hydrogen-bond donors (Lipinski definition) is 2. The maximum atomic E-state index is 14.2. The minimum Gasteiger partial charge on any atom is -0.311 e. The molecule has 1 heterocycles. The molecule has 1 saturated carbocycles. The molecule has 4 rings (SSSR count). The lowest BCUT2D eigenvalue weighted by Crippen LogP contribution is -2.31. The zero-order chi connectivity index (χ0) is 20.4. The Morgan fingerprint density at radius 2 is 1.79 bits per heavy atom. The molecule has 6 heteroatoms. The average Bonchev–Trinajstić information content (AvgIpc) is 2.73. The van der Waals surface area contributed by atoms with Crippen molar-refractivity contribution in [2.75, 3.05) is 0 Å². The second-order valence-corrected chi connectivity index (χ2v) is 8.01. The van der Waals surface area contributed by atoms with E-state index in [9.17, 15) is 18.4 Å². The van der Waals surface area contributed by atoms with Gasteiger partial charge in [0.1, 0.15) is 0 Å². The third kappa shape index (κ3) is 4.16. The van der Waals surface area contributed by atoms with Crippen LogP contribution < -0.4 is 11.2 Å². The molecule has 2 N–H and O–H groups in total. The third-order valence-electron chi connectivity index (χ3n) is 6.27. The van der Waals surface area contributed by atoms with Crippen LogP contribution in [0.1, 0.15) is 54.8 Å². The quantitative estimate of drug-likeness (QED) is 0.805. The number of aromatic amines is 2. The van der Waals surface area contributed by atoms with Crippen molar-refractivity contribution in [2.45, 2.75) is 44.4 Å². The fraction of sp³-hybridized carbons (Fsp3) is 0.391. The molecule has 2 aromatic rings. The van der Waals surface area contributed by atoms with E-state index >= 15 is 0 Å². The molecule has 1 aromatic heterocycles. The van der Waals surface area contributed by atoms with Gasteiger partial charge in [-0.2, -0.15) is 0 Å². The van der Waals surface area contributed by atoms with Crippen molar-refractivity contribution < 1.29 is 8.78 Å². The van der Waals surface area contributed by atoms with Gasteiger partial charge in [0.05, 0.1) is 0 Å². The van der Waals surface area contributed by atoms with Gasteiger partial charge in [0.15, 0.2) is 11.6 Å². The predicted octanol–water partition coefficient (Wildman–Crippen LogP) is 4.34. The molecule has 0 amide bonds. The summed E-state index contributed by atoms with van der Waals surface area (Å²) in [6.45, 7) is 0. The number of rotatable bonds is 4. The molecular formula is C23H24F2N2O2. The highest BCUT2D eigenvalue weighted by atomic mass is 19.2. The number of H-pyrrole nitrogens is 2. The van der Waals surface area contributed by atoms with Crippen molar-refractivity contribution in [2.24, 2.45) is 11.8 Å². The average molecular weight is 398 g/mol. The van der Waals surface area contributed by atoms with Gasteiger partial charge in [0.25, 0.3) is 5.56 Å². The van der Waals surface area contributed by atoms with Crippen LogP contribution in [0.3, 0.4) is 0 Å². The van der Waals surface area contributed by atoms with Gasteiger partial charge in [-0.1, -0.05) is 36.4 Å². The molecule has 2 aliphatic rings. The maximum Gasteiger partial charge on any atom is 0.325 e. The van der Waals surface area contributed by atoms with Gasteiger partial charge >= 0.3 is 5.69 Å². The fourth-order valence-corrected chi connectivity index (χ4v) is 4.71. The fourth-order valence-electron chi connectivity index (χ4n) is 4.71. The van der Waals surface area contributed by atoms with Gasteiger partial charge < -0.3 is 4.98 Å². The Kier molecular flexibility index (Phi) is 5.60. The first-order chi connectivity index (χ1) is 14.0. The molecule has 0 spiro atoms. The van der Waals surface area contributed by atoms with E-state index < -0.39 is 22.9 Å². The van der Waals surface area contributed by atoms with Crippen LogP contribution in [0.25, 0.3) is 0 Å². The first kappa shape index (κ1) is 19.6. The Bertz CT molecular complexity index is 1060. The smallest absolute Gasteiger partial charge is 0.311 e. The minimum absolute atomic E-state index is 0.0379. The first-order valence-electron chi connectivity index (χ1n) is 10.1.